The molecule has 19 heavy (non-hydrogen) atoms. The van der Waals surface area contributed by atoms with Gasteiger partial charge in [0.15, 0.2) is 11.5 Å². The summed E-state index contributed by atoms with van der Waals surface area (Å²) in [5.41, 5.74) is -0.0544. The summed E-state index contributed by atoms with van der Waals surface area (Å²) in [5.74, 6) is 0.997. The first kappa shape index (κ1) is 14.8. The molecule has 1 aromatic carbocycles. The van der Waals surface area contributed by atoms with E-state index in [1.807, 2.05) is 6.07 Å². The van der Waals surface area contributed by atoms with E-state index in [1.165, 1.54) is 6.92 Å². The third kappa shape index (κ3) is 3.88. The zero-order chi connectivity index (χ0) is 14.5. The minimum Gasteiger partial charge on any atom is -0.493 e. The maximum Gasteiger partial charge on any atom is 0.218 e. The van der Waals surface area contributed by atoms with Crippen LogP contribution in [0.5, 0.6) is 11.5 Å². The molecule has 102 valence electrons. The Morgan fingerprint density at radius 1 is 1.37 bits per heavy atom. The molecule has 1 aromatic rings. The highest BCUT2D eigenvalue weighted by molar-refractivity contribution is 5.74. The normalized spacial score (nSPS) is 13.0. The monoisotopic (exact) mass is 262 g/mol. The standard InChI is InChI=1S/C14H18N2O3/c1-10(17)16-14(2,9-15)8-11-5-6-12(18-3)13(7-11)19-4/h5-7H,8H2,1-4H3,(H,16,17)/t14-/m0/s1. The number of nitriles is 1. The molecule has 0 aromatic heterocycles. The van der Waals surface area contributed by atoms with Gasteiger partial charge >= 0.3 is 0 Å². The summed E-state index contributed by atoms with van der Waals surface area (Å²) in [5, 5.41) is 11.9. The van der Waals surface area contributed by atoms with E-state index in [4.69, 9.17) is 9.47 Å². The number of carbonyl (C=O) groups excluding carboxylic acids is 1. The SMILES string of the molecule is COc1ccc(C[C@@](C)(C#N)NC(C)=O)cc1OC. The predicted molar refractivity (Wildman–Crippen MR) is 71.1 cm³/mol. The third-order valence-electron chi connectivity index (χ3n) is 2.70. The first-order valence-electron chi connectivity index (χ1n) is 5.85. The van der Waals surface area contributed by atoms with Crippen LogP contribution in [0.3, 0.4) is 0 Å². The van der Waals surface area contributed by atoms with Crippen molar-refractivity contribution in [1.29, 1.82) is 5.26 Å². The van der Waals surface area contributed by atoms with Gasteiger partial charge in [0.05, 0.1) is 20.3 Å². The lowest BCUT2D eigenvalue weighted by Crippen LogP contribution is -2.45. The second-order valence-corrected chi connectivity index (χ2v) is 4.49. The van der Waals surface area contributed by atoms with Crippen LogP contribution in [0.2, 0.25) is 0 Å². The average molecular weight is 262 g/mol. The van der Waals surface area contributed by atoms with Crippen molar-refractivity contribution < 1.29 is 14.3 Å². The average Bonchev–Trinajstić information content (AvgIpc) is 2.37. The Morgan fingerprint density at radius 2 is 2.00 bits per heavy atom. The first-order valence-corrected chi connectivity index (χ1v) is 5.85. The summed E-state index contributed by atoms with van der Waals surface area (Å²) in [6.07, 6.45) is 0.392. The van der Waals surface area contributed by atoms with Crippen molar-refractivity contribution in [3.05, 3.63) is 23.8 Å². The Morgan fingerprint density at radius 3 is 2.47 bits per heavy atom. The molecular formula is C14H18N2O3. The molecule has 0 unspecified atom stereocenters. The van der Waals surface area contributed by atoms with Gasteiger partial charge in [-0.3, -0.25) is 4.79 Å². The molecule has 0 fully saturated rings. The van der Waals surface area contributed by atoms with Crippen LogP contribution in [-0.4, -0.2) is 25.7 Å². The van der Waals surface area contributed by atoms with Crippen molar-refractivity contribution in [1.82, 2.24) is 5.32 Å². The highest BCUT2D eigenvalue weighted by Gasteiger charge is 2.25. The van der Waals surface area contributed by atoms with Gasteiger partial charge in [-0.2, -0.15) is 5.26 Å². The van der Waals surface area contributed by atoms with Crippen LogP contribution in [0.25, 0.3) is 0 Å². The van der Waals surface area contributed by atoms with Crippen LogP contribution in [0.4, 0.5) is 0 Å². The molecule has 5 heteroatoms. The molecule has 1 rings (SSSR count). The smallest absolute Gasteiger partial charge is 0.218 e. The molecule has 1 atom stereocenters. The van der Waals surface area contributed by atoms with E-state index in [1.54, 1.807) is 33.3 Å². The summed E-state index contributed by atoms with van der Waals surface area (Å²) < 4.78 is 10.4. The Balaban J connectivity index is 2.98. The Kier molecular flexibility index (Phi) is 4.76. The fourth-order valence-electron chi connectivity index (χ4n) is 1.90. The van der Waals surface area contributed by atoms with Crippen LogP contribution in [0.1, 0.15) is 19.4 Å². The summed E-state index contributed by atoms with van der Waals surface area (Å²) in [6.45, 7) is 3.08. The van der Waals surface area contributed by atoms with Crippen molar-refractivity contribution >= 4 is 5.91 Å². The molecule has 0 aliphatic carbocycles. The zero-order valence-corrected chi connectivity index (χ0v) is 11.6. The quantitative estimate of drug-likeness (QED) is 0.876. The highest BCUT2D eigenvalue weighted by Crippen LogP contribution is 2.28. The molecule has 1 amide bonds. The Bertz CT molecular complexity index is 508. The van der Waals surface area contributed by atoms with E-state index >= 15 is 0 Å². The lowest BCUT2D eigenvalue weighted by Gasteiger charge is -2.23. The number of nitrogens with zero attached hydrogens (tertiary/aromatic N) is 1. The van der Waals surface area contributed by atoms with Crippen LogP contribution in [0, 0.1) is 11.3 Å². The molecule has 0 aliphatic rings. The minimum atomic E-state index is -0.939. The van der Waals surface area contributed by atoms with Crippen LogP contribution >= 0.6 is 0 Å². The molecule has 0 saturated carbocycles. The van der Waals surface area contributed by atoms with Gasteiger partial charge in [0, 0.05) is 13.3 Å². The molecule has 0 bridgehead atoms. The van der Waals surface area contributed by atoms with Gasteiger partial charge in [0.2, 0.25) is 5.91 Å². The zero-order valence-electron chi connectivity index (χ0n) is 11.6. The molecule has 0 aliphatic heterocycles. The minimum absolute atomic E-state index is 0.232. The van der Waals surface area contributed by atoms with Gasteiger partial charge in [0.1, 0.15) is 5.54 Å². The maximum atomic E-state index is 11.1. The number of rotatable bonds is 5. The van der Waals surface area contributed by atoms with Gasteiger partial charge < -0.3 is 14.8 Å². The number of benzene rings is 1. The lowest BCUT2D eigenvalue weighted by atomic mass is 9.94. The van der Waals surface area contributed by atoms with Crippen molar-refractivity contribution in [2.45, 2.75) is 25.8 Å². The number of hydrogen-bond donors (Lipinski definition) is 1. The van der Waals surface area contributed by atoms with E-state index < -0.39 is 5.54 Å². The number of ether oxygens (including phenoxy) is 2. The van der Waals surface area contributed by atoms with Crippen molar-refractivity contribution in [2.24, 2.45) is 0 Å². The number of hydrogen-bond acceptors (Lipinski definition) is 4. The second kappa shape index (κ2) is 6.10. The molecule has 0 spiro atoms. The van der Waals surface area contributed by atoms with Crippen molar-refractivity contribution in [2.75, 3.05) is 14.2 Å². The van der Waals surface area contributed by atoms with Gasteiger partial charge in [-0.25, -0.2) is 0 Å². The highest BCUT2D eigenvalue weighted by atomic mass is 16.5. The fourth-order valence-corrected chi connectivity index (χ4v) is 1.90. The molecular weight excluding hydrogens is 244 g/mol. The molecule has 0 saturated heterocycles. The lowest BCUT2D eigenvalue weighted by molar-refractivity contribution is -0.120. The van der Waals surface area contributed by atoms with E-state index in [9.17, 15) is 10.1 Å². The van der Waals surface area contributed by atoms with Crippen LogP contribution in [-0.2, 0) is 11.2 Å². The number of methoxy groups -OCH3 is 2. The number of nitrogens with one attached hydrogen (secondary N) is 1. The van der Waals surface area contributed by atoms with Crippen molar-refractivity contribution in [3.8, 4) is 17.6 Å². The molecule has 0 heterocycles. The topological polar surface area (TPSA) is 71.3 Å². The van der Waals surface area contributed by atoms with Gasteiger partial charge in [0.25, 0.3) is 0 Å². The van der Waals surface area contributed by atoms with Gasteiger partial charge in [-0.1, -0.05) is 6.07 Å². The summed E-state index contributed by atoms with van der Waals surface area (Å²) in [6, 6.07) is 7.55. The third-order valence-corrected chi connectivity index (χ3v) is 2.70. The van der Waals surface area contributed by atoms with E-state index in [2.05, 4.69) is 11.4 Å². The largest absolute Gasteiger partial charge is 0.493 e. The molecule has 0 radical (unpaired) electrons. The number of amides is 1. The van der Waals surface area contributed by atoms with E-state index in [0.717, 1.165) is 5.56 Å². The van der Waals surface area contributed by atoms with E-state index in [-0.39, 0.29) is 5.91 Å². The second-order valence-electron chi connectivity index (χ2n) is 4.49. The Hall–Kier alpha value is -2.22. The first-order chi connectivity index (χ1) is 8.94. The fraction of sp³-hybridized carbons (Fsp3) is 0.429. The molecule has 1 N–H and O–H groups in total. The van der Waals surface area contributed by atoms with Crippen molar-refractivity contribution in [3.63, 3.8) is 0 Å². The van der Waals surface area contributed by atoms with Gasteiger partial charge in [-0.15, -0.1) is 0 Å². The maximum absolute atomic E-state index is 11.1. The summed E-state index contributed by atoms with van der Waals surface area (Å²) >= 11 is 0. The van der Waals surface area contributed by atoms with Crippen LogP contribution in [0.15, 0.2) is 18.2 Å². The Labute approximate surface area is 113 Å². The van der Waals surface area contributed by atoms with E-state index in [0.29, 0.717) is 17.9 Å². The molecule has 5 nitrogen and oxygen atoms in total. The number of carbonyl (C=O) groups is 1. The van der Waals surface area contributed by atoms with Gasteiger partial charge in [-0.05, 0) is 24.6 Å². The summed E-state index contributed by atoms with van der Waals surface area (Å²) in [7, 11) is 3.12. The van der Waals surface area contributed by atoms with Crippen LogP contribution < -0.4 is 14.8 Å². The summed E-state index contributed by atoms with van der Waals surface area (Å²) in [4.78, 5) is 11.1. The predicted octanol–water partition coefficient (Wildman–Crippen LogP) is 1.66.